The molecule has 7 heteroatoms. The average Bonchev–Trinajstić information content (AvgIpc) is 2.67. The molecule has 3 N–H and O–H groups in total. The van der Waals surface area contributed by atoms with Crippen molar-refractivity contribution in [2.24, 2.45) is 0 Å². The normalized spacial score (nSPS) is 11.3. The third-order valence-corrected chi connectivity index (χ3v) is 4.16. The molecule has 2 rings (SSSR count). The molecule has 0 spiro atoms. The van der Waals surface area contributed by atoms with E-state index in [2.05, 4.69) is 16.0 Å². The van der Waals surface area contributed by atoms with Crippen molar-refractivity contribution in [3.63, 3.8) is 0 Å². The van der Waals surface area contributed by atoms with E-state index in [4.69, 9.17) is 11.6 Å². The smallest absolute Gasteiger partial charge is 0.253 e. The molecule has 6 nitrogen and oxygen atoms in total. The Hall–Kier alpha value is -2.86. The molecule has 0 bridgehead atoms. The SMILES string of the molecule is CCNC(=O)CNC(=O)C[C@H](NC(=O)c1ccccc1Cl)c1ccccc1. The zero-order valence-corrected chi connectivity index (χ0v) is 15.8. The molecule has 1 atom stereocenters. The number of nitrogens with one attached hydrogen (secondary N) is 3. The number of halogens is 1. The summed E-state index contributed by atoms with van der Waals surface area (Å²) in [7, 11) is 0. The van der Waals surface area contributed by atoms with Gasteiger partial charge in [-0.3, -0.25) is 14.4 Å². The van der Waals surface area contributed by atoms with Crippen LogP contribution in [0.3, 0.4) is 0 Å². The second-order valence-electron chi connectivity index (χ2n) is 5.85. The van der Waals surface area contributed by atoms with Gasteiger partial charge in [0.1, 0.15) is 0 Å². The number of hydrogen-bond acceptors (Lipinski definition) is 3. The second kappa shape index (κ2) is 10.3. The van der Waals surface area contributed by atoms with Crippen molar-refractivity contribution in [1.29, 1.82) is 0 Å². The van der Waals surface area contributed by atoms with Gasteiger partial charge in [0.15, 0.2) is 0 Å². The second-order valence-corrected chi connectivity index (χ2v) is 6.26. The molecule has 142 valence electrons. The Kier molecular flexibility index (Phi) is 7.82. The van der Waals surface area contributed by atoms with Crippen LogP contribution in [0.5, 0.6) is 0 Å². The van der Waals surface area contributed by atoms with E-state index in [1.807, 2.05) is 30.3 Å². The van der Waals surface area contributed by atoms with E-state index in [9.17, 15) is 14.4 Å². The van der Waals surface area contributed by atoms with Gasteiger partial charge in [0, 0.05) is 6.54 Å². The number of hydrogen-bond donors (Lipinski definition) is 3. The van der Waals surface area contributed by atoms with Crippen LogP contribution >= 0.6 is 11.6 Å². The number of amides is 3. The minimum atomic E-state index is -0.552. The summed E-state index contributed by atoms with van der Waals surface area (Å²) in [6.07, 6.45) is -0.000386. The molecule has 0 aliphatic carbocycles. The first-order valence-corrected chi connectivity index (χ1v) is 9.02. The van der Waals surface area contributed by atoms with E-state index in [-0.39, 0.29) is 30.7 Å². The van der Waals surface area contributed by atoms with Crippen molar-refractivity contribution in [2.75, 3.05) is 13.1 Å². The van der Waals surface area contributed by atoms with Crippen LogP contribution in [0.25, 0.3) is 0 Å². The molecule has 0 aliphatic heterocycles. The lowest BCUT2D eigenvalue weighted by molar-refractivity contribution is -0.126. The topological polar surface area (TPSA) is 87.3 Å². The summed E-state index contributed by atoms with van der Waals surface area (Å²) in [6, 6.07) is 15.3. The number of carbonyl (C=O) groups is 3. The fraction of sp³-hybridized carbons (Fsp3) is 0.250. The largest absolute Gasteiger partial charge is 0.355 e. The van der Waals surface area contributed by atoms with Crippen molar-refractivity contribution >= 4 is 29.3 Å². The summed E-state index contributed by atoms with van der Waals surface area (Å²) >= 11 is 6.08. The number of rotatable bonds is 8. The fourth-order valence-electron chi connectivity index (χ4n) is 2.52. The highest BCUT2D eigenvalue weighted by molar-refractivity contribution is 6.33. The van der Waals surface area contributed by atoms with Gasteiger partial charge in [0.25, 0.3) is 5.91 Å². The van der Waals surface area contributed by atoms with Gasteiger partial charge in [-0.2, -0.15) is 0 Å². The third kappa shape index (κ3) is 6.42. The molecule has 3 amide bonds. The Morgan fingerprint density at radius 3 is 2.26 bits per heavy atom. The standard InChI is InChI=1S/C20H22ClN3O3/c1-2-22-19(26)13-23-18(25)12-17(14-8-4-3-5-9-14)24-20(27)15-10-6-7-11-16(15)21/h3-11,17H,2,12-13H2,1H3,(H,22,26)(H,23,25)(H,24,27)/t17-/m0/s1. The van der Waals surface area contributed by atoms with Crippen LogP contribution in [0.4, 0.5) is 0 Å². The predicted octanol–water partition coefficient (Wildman–Crippen LogP) is 2.45. The molecule has 0 unspecified atom stereocenters. The maximum atomic E-state index is 12.6. The summed E-state index contributed by atoms with van der Waals surface area (Å²) < 4.78 is 0. The Balaban J connectivity index is 2.08. The van der Waals surface area contributed by atoms with E-state index in [1.54, 1.807) is 31.2 Å². The molecular formula is C20H22ClN3O3. The minimum Gasteiger partial charge on any atom is -0.355 e. The summed E-state index contributed by atoms with van der Waals surface area (Å²) in [5.41, 5.74) is 1.12. The summed E-state index contributed by atoms with van der Waals surface area (Å²) in [5.74, 6) is -0.970. The summed E-state index contributed by atoms with van der Waals surface area (Å²) in [6.45, 7) is 2.19. The molecule has 2 aromatic carbocycles. The lowest BCUT2D eigenvalue weighted by atomic mass is 10.0. The number of likely N-dealkylation sites (N-methyl/N-ethyl adjacent to an activating group) is 1. The van der Waals surface area contributed by atoms with Gasteiger partial charge in [0.05, 0.1) is 29.6 Å². The Labute approximate surface area is 163 Å². The maximum absolute atomic E-state index is 12.6. The number of carbonyl (C=O) groups excluding carboxylic acids is 3. The molecule has 0 radical (unpaired) electrons. The zero-order valence-electron chi connectivity index (χ0n) is 15.0. The van der Waals surface area contributed by atoms with Crippen LogP contribution < -0.4 is 16.0 Å². The van der Waals surface area contributed by atoms with Crippen molar-refractivity contribution in [1.82, 2.24) is 16.0 Å². The first kappa shape index (κ1) is 20.5. The first-order chi connectivity index (χ1) is 13.0. The van der Waals surface area contributed by atoms with Crippen molar-refractivity contribution in [3.05, 3.63) is 70.7 Å². The van der Waals surface area contributed by atoms with Gasteiger partial charge < -0.3 is 16.0 Å². The Morgan fingerprint density at radius 1 is 0.926 bits per heavy atom. The van der Waals surface area contributed by atoms with Crippen molar-refractivity contribution in [3.8, 4) is 0 Å². The van der Waals surface area contributed by atoms with Gasteiger partial charge in [-0.05, 0) is 24.6 Å². The summed E-state index contributed by atoms with van der Waals surface area (Å²) in [5, 5.41) is 8.36. The molecule has 0 fully saturated rings. The van der Waals surface area contributed by atoms with Gasteiger partial charge in [-0.1, -0.05) is 54.1 Å². The van der Waals surface area contributed by atoms with Crippen LogP contribution in [0.2, 0.25) is 5.02 Å². The Morgan fingerprint density at radius 2 is 1.59 bits per heavy atom. The van der Waals surface area contributed by atoms with E-state index in [0.717, 1.165) is 5.56 Å². The molecule has 0 saturated carbocycles. The van der Waals surface area contributed by atoms with Crippen LogP contribution in [0, 0.1) is 0 Å². The maximum Gasteiger partial charge on any atom is 0.253 e. The molecular weight excluding hydrogens is 366 g/mol. The van der Waals surface area contributed by atoms with Crippen LogP contribution in [0.1, 0.15) is 35.3 Å². The van der Waals surface area contributed by atoms with E-state index < -0.39 is 6.04 Å². The first-order valence-electron chi connectivity index (χ1n) is 8.65. The van der Waals surface area contributed by atoms with E-state index in [0.29, 0.717) is 17.1 Å². The van der Waals surface area contributed by atoms with Crippen molar-refractivity contribution in [2.45, 2.75) is 19.4 Å². The molecule has 0 aromatic heterocycles. The van der Waals surface area contributed by atoms with Crippen LogP contribution in [-0.4, -0.2) is 30.8 Å². The lowest BCUT2D eigenvalue weighted by Gasteiger charge is -2.19. The fourth-order valence-corrected chi connectivity index (χ4v) is 2.74. The monoisotopic (exact) mass is 387 g/mol. The third-order valence-electron chi connectivity index (χ3n) is 3.84. The van der Waals surface area contributed by atoms with Crippen molar-refractivity contribution < 1.29 is 14.4 Å². The average molecular weight is 388 g/mol. The minimum absolute atomic E-state index is 0.000386. The van der Waals surface area contributed by atoms with Crippen LogP contribution in [0.15, 0.2) is 54.6 Å². The van der Waals surface area contributed by atoms with Gasteiger partial charge in [-0.25, -0.2) is 0 Å². The van der Waals surface area contributed by atoms with Gasteiger partial charge in [-0.15, -0.1) is 0 Å². The number of benzene rings is 2. The molecule has 27 heavy (non-hydrogen) atoms. The quantitative estimate of drug-likeness (QED) is 0.650. The molecule has 0 aliphatic rings. The highest BCUT2D eigenvalue weighted by Crippen LogP contribution is 2.20. The van der Waals surface area contributed by atoms with Gasteiger partial charge >= 0.3 is 0 Å². The van der Waals surface area contributed by atoms with E-state index in [1.165, 1.54) is 0 Å². The zero-order chi connectivity index (χ0) is 19.6. The predicted molar refractivity (Wildman–Crippen MR) is 104 cm³/mol. The molecule has 0 heterocycles. The van der Waals surface area contributed by atoms with E-state index >= 15 is 0 Å². The van der Waals surface area contributed by atoms with Gasteiger partial charge in [0.2, 0.25) is 11.8 Å². The molecule has 0 saturated heterocycles. The summed E-state index contributed by atoms with van der Waals surface area (Å²) in [4.78, 5) is 36.3. The molecule has 2 aromatic rings. The van der Waals surface area contributed by atoms with Crippen LogP contribution in [-0.2, 0) is 9.59 Å². The highest BCUT2D eigenvalue weighted by Gasteiger charge is 2.20. The lowest BCUT2D eigenvalue weighted by Crippen LogP contribution is -2.39. The highest BCUT2D eigenvalue weighted by atomic mass is 35.5. The Bertz CT molecular complexity index is 796.